The molecule has 2 N–H and O–H groups in total. The first-order chi connectivity index (χ1) is 8.11. The van der Waals surface area contributed by atoms with Crippen molar-refractivity contribution in [1.29, 1.82) is 0 Å². The van der Waals surface area contributed by atoms with E-state index in [0.717, 1.165) is 19.4 Å². The Kier molecular flexibility index (Phi) is 3.93. The maximum atomic E-state index is 12.3. The average molecular weight is 258 g/mol. The van der Waals surface area contributed by atoms with Gasteiger partial charge in [0, 0.05) is 5.75 Å². The highest BCUT2D eigenvalue weighted by atomic mass is 32.2. The van der Waals surface area contributed by atoms with Crippen molar-refractivity contribution in [2.75, 3.05) is 18.2 Å². The molecule has 0 aromatic carbocycles. The van der Waals surface area contributed by atoms with E-state index in [9.17, 15) is 9.59 Å². The molecule has 0 aliphatic carbocycles. The predicted molar refractivity (Wildman–Crippen MR) is 65.8 cm³/mol. The van der Waals surface area contributed by atoms with Crippen LogP contribution in [0, 0.1) is 5.92 Å². The largest absolute Gasteiger partial charge is 0.480 e. The van der Waals surface area contributed by atoms with Crippen LogP contribution in [0.1, 0.15) is 19.8 Å². The summed E-state index contributed by atoms with van der Waals surface area (Å²) in [5.41, 5.74) is 0. The van der Waals surface area contributed by atoms with Crippen LogP contribution in [-0.2, 0) is 9.59 Å². The van der Waals surface area contributed by atoms with Gasteiger partial charge in [-0.1, -0.05) is 6.92 Å². The molecule has 3 atom stereocenters. The number of carbonyl (C=O) groups is 2. The molecular formula is C11H18N2O3S. The minimum absolute atomic E-state index is 0.0467. The molecule has 1 amide bonds. The van der Waals surface area contributed by atoms with Crippen LogP contribution in [0.25, 0.3) is 0 Å². The third-order valence-corrected chi connectivity index (χ3v) is 4.50. The molecule has 2 saturated heterocycles. The number of hydrogen-bond donors (Lipinski definition) is 2. The van der Waals surface area contributed by atoms with E-state index in [1.54, 1.807) is 0 Å². The second-order valence-electron chi connectivity index (χ2n) is 4.71. The zero-order valence-corrected chi connectivity index (χ0v) is 10.7. The molecule has 2 aliphatic heterocycles. The zero-order chi connectivity index (χ0) is 12.4. The molecular weight excluding hydrogens is 240 g/mol. The van der Waals surface area contributed by atoms with Gasteiger partial charge in [0.15, 0.2) is 0 Å². The minimum Gasteiger partial charge on any atom is -0.480 e. The summed E-state index contributed by atoms with van der Waals surface area (Å²) >= 11 is 1.51. The molecule has 0 aromatic rings. The van der Waals surface area contributed by atoms with Crippen molar-refractivity contribution in [2.45, 2.75) is 31.8 Å². The van der Waals surface area contributed by atoms with E-state index in [2.05, 4.69) is 5.32 Å². The molecule has 2 rings (SSSR count). The molecule has 17 heavy (non-hydrogen) atoms. The Balaban J connectivity index is 2.05. The fourth-order valence-electron chi connectivity index (χ4n) is 2.42. The van der Waals surface area contributed by atoms with Crippen LogP contribution in [0.15, 0.2) is 0 Å². The normalized spacial score (nSPS) is 33.7. The topological polar surface area (TPSA) is 69.6 Å². The summed E-state index contributed by atoms with van der Waals surface area (Å²) in [6, 6.07) is -0.854. The van der Waals surface area contributed by atoms with Gasteiger partial charge in [0.05, 0.1) is 11.9 Å². The van der Waals surface area contributed by atoms with Crippen molar-refractivity contribution in [3.8, 4) is 0 Å². The van der Waals surface area contributed by atoms with Crippen LogP contribution in [0.4, 0.5) is 0 Å². The Morgan fingerprint density at radius 1 is 1.47 bits per heavy atom. The second kappa shape index (κ2) is 5.27. The molecule has 0 saturated carbocycles. The second-order valence-corrected chi connectivity index (χ2v) is 5.71. The van der Waals surface area contributed by atoms with E-state index < -0.39 is 12.0 Å². The number of nitrogens with zero attached hydrogens (tertiary/aromatic N) is 1. The van der Waals surface area contributed by atoms with Crippen LogP contribution in [-0.4, -0.2) is 52.1 Å². The Labute approximate surface area is 105 Å². The number of thioether (sulfide) groups is 1. The summed E-state index contributed by atoms with van der Waals surface area (Å²) in [6.45, 7) is 2.90. The number of aliphatic carboxylic acids is 1. The molecule has 96 valence electrons. The number of carbonyl (C=O) groups excluding carboxylic acids is 1. The van der Waals surface area contributed by atoms with E-state index in [-0.39, 0.29) is 17.9 Å². The number of carboxylic acids is 1. The highest BCUT2D eigenvalue weighted by molar-refractivity contribution is 7.99. The van der Waals surface area contributed by atoms with Crippen molar-refractivity contribution >= 4 is 23.6 Å². The Morgan fingerprint density at radius 3 is 2.88 bits per heavy atom. The number of carboxylic acid groups (broad SMARTS) is 1. The molecule has 5 nitrogen and oxygen atoms in total. The summed E-state index contributed by atoms with van der Waals surface area (Å²) in [5.74, 6) is 0.348. The number of amides is 1. The Morgan fingerprint density at radius 2 is 2.24 bits per heavy atom. The number of nitrogens with one attached hydrogen (secondary N) is 1. The summed E-state index contributed by atoms with van der Waals surface area (Å²) in [7, 11) is 0. The van der Waals surface area contributed by atoms with E-state index >= 15 is 0 Å². The van der Waals surface area contributed by atoms with Gasteiger partial charge in [0.1, 0.15) is 6.04 Å². The van der Waals surface area contributed by atoms with Crippen molar-refractivity contribution in [3.63, 3.8) is 0 Å². The van der Waals surface area contributed by atoms with Gasteiger partial charge < -0.3 is 15.3 Å². The van der Waals surface area contributed by atoms with Crippen LogP contribution in [0.2, 0.25) is 0 Å². The smallest absolute Gasteiger partial charge is 0.327 e. The fourth-order valence-corrected chi connectivity index (χ4v) is 3.58. The maximum Gasteiger partial charge on any atom is 0.327 e. The van der Waals surface area contributed by atoms with Crippen molar-refractivity contribution < 1.29 is 14.7 Å². The molecule has 6 heteroatoms. The zero-order valence-electron chi connectivity index (χ0n) is 9.89. The number of hydrogen-bond acceptors (Lipinski definition) is 4. The van der Waals surface area contributed by atoms with Crippen LogP contribution in [0.5, 0.6) is 0 Å². The van der Waals surface area contributed by atoms with Gasteiger partial charge in [0.25, 0.3) is 0 Å². The Bertz CT molecular complexity index is 324. The van der Waals surface area contributed by atoms with Crippen molar-refractivity contribution in [1.82, 2.24) is 10.2 Å². The average Bonchev–Trinajstić information content (AvgIpc) is 2.77. The molecule has 0 aromatic heterocycles. The molecule has 2 fully saturated rings. The van der Waals surface area contributed by atoms with E-state index in [1.165, 1.54) is 16.7 Å². The summed E-state index contributed by atoms with van der Waals surface area (Å²) in [6.07, 6.45) is 2.12. The van der Waals surface area contributed by atoms with Gasteiger partial charge in [-0.15, -0.1) is 11.8 Å². The van der Waals surface area contributed by atoms with E-state index in [4.69, 9.17) is 5.11 Å². The first kappa shape index (κ1) is 12.7. The third-order valence-electron chi connectivity index (χ3n) is 3.49. The first-order valence-corrected chi connectivity index (χ1v) is 7.11. The third kappa shape index (κ3) is 2.57. The van der Waals surface area contributed by atoms with Gasteiger partial charge in [-0.05, 0) is 25.3 Å². The Hall–Kier alpha value is -0.750. The molecule has 2 aliphatic rings. The van der Waals surface area contributed by atoms with E-state index in [0.29, 0.717) is 11.6 Å². The lowest BCUT2D eigenvalue weighted by Crippen LogP contribution is -2.54. The van der Waals surface area contributed by atoms with Crippen molar-refractivity contribution in [3.05, 3.63) is 0 Å². The lowest BCUT2D eigenvalue weighted by Gasteiger charge is -2.33. The van der Waals surface area contributed by atoms with Crippen LogP contribution >= 0.6 is 11.8 Å². The summed E-state index contributed by atoms with van der Waals surface area (Å²) in [4.78, 5) is 24.9. The highest BCUT2D eigenvalue weighted by Gasteiger charge is 2.39. The molecule has 2 heterocycles. The standard InChI is InChI=1S/C11H18N2O3S/c1-7-3-2-4-12-9(7)10(14)13-6-17-5-8(13)11(15)16/h7-9,12H,2-6H2,1H3,(H,15,16)/t7?,8-,9?/m0/s1. The lowest BCUT2D eigenvalue weighted by atomic mass is 9.91. The van der Waals surface area contributed by atoms with Gasteiger partial charge in [-0.3, -0.25) is 4.79 Å². The molecule has 0 radical (unpaired) electrons. The SMILES string of the molecule is CC1CCCNC1C(=O)N1CSC[C@H]1C(=O)O. The number of piperidine rings is 1. The van der Waals surface area contributed by atoms with E-state index in [1.807, 2.05) is 6.92 Å². The summed E-state index contributed by atoms with van der Waals surface area (Å²) < 4.78 is 0. The first-order valence-electron chi connectivity index (χ1n) is 5.95. The van der Waals surface area contributed by atoms with Gasteiger partial charge in [-0.2, -0.15) is 0 Å². The van der Waals surface area contributed by atoms with Crippen LogP contribution in [0.3, 0.4) is 0 Å². The van der Waals surface area contributed by atoms with Crippen molar-refractivity contribution in [2.24, 2.45) is 5.92 Å². The van der Waals surface area contributed by atoms with Crippen LogP contribution < -0.4 is 5.32 Å². The monoisotopic (exact) mass is 258 g/mol. The molecule has 0 bridgehead atoms. The molecule has 2 unspecified atom stereocenters. The fraction of sp³-hybridized carbons (Fsp3) is 0.818. The summed E-state index contributed by atoms with van der Waals surface area (Å²) in [5, 5.41) is 12.3. The van der Waals surface area contributed by atoms with Gasteiger partial charge in [0.2, 0.25) is 5.91 Å². The van der Waals surface area contributed by atoms with Gasteiger partial charge >= 0.3 is 5.97 Å². The molecule has 0 spiro atoms. The lowest BCUT2D eigenvalue weighted by molar-refractivity contribution is -0.149. The minimum atomic E-state index is -0.896. The maximum absolute atomic E-state index is 12.3. The predicted octanol–water partition coefficient (Wildman–Crippen LogP) is 0.361. The highest BCUT2D eigenvalue weighted by Crippen LogP contribution is 2.25. The quantitative estimate of drug-likeness (QED) is 0.748. The van der Waals surface area contributed by atoms with Gasteiger partial charge in [-0.25, -0.2) is 4.79 Å². The number of rotatable bonds is 2.